The number of fused-ring (bicyclic) bond motifs is 1. The van der Waals surface area contributed by atoms with Crippen LogP contribution in [0.15, 0.2) is 17.0 Å². The van der Waals surface area contributed by atoms with Crippen molar-refractivity contribution in [1.82, 2.24) is 33.3 Å². The number of anilines is 1. The SMILES string of the molecule is [C-]#[N+]C1(NS(=O)(=O)c2cc(N3CCN(S(=O)(=O)N(C)C)CC3)c3c(c2)c(-c2nnc(C(F)F)s2)nn3C)CC1. The van der Waals surface area contributed by atoms with Crippen LogP contribution in [0.5, 0.6) is 0 Å². The number of hydrogen-bond acceptors (Lipinski definition) is 9. The number of sulfonamides is 1. The summed E-state index contributed by atoms with van der Waals surface area (Å²) in [6, 6.07) is 2.86. The standard InChI is InChI=1S/C21H25F2N9O4S3/c1-24-21(5-6-21)28-38(33,34)13-11-14-16(19-25-26-20(37-19)18(22)23)27-30(4)17(14)15(12-13)31-7-9-32(10-8-31)39(35,36)29(2)3/h11-12,18,28H,5-10H2,2-4H3. The predicted molar refractivity (Wildman–Crippen MR) is 140 cm³/mol. The van der Waals surface area contributed by atoms with Crippen molar-refractivity contribution in [3.63, 3.8) is 0 Å². The Hall–Kier alpha value is -2.82. The topological polar surface area (TPSA) is 138 Å². The van der Waals surface area contributed by atoms with Crippen molar-refractivity contribution in [3.05, 3.63) is 28.6 Å². The minimum absolute atomic E-state index is 0.103. The fraction of sp³-hybridized carbons (Fsp3) is 0.524. The van der Waals surface area contributed by atoms with Gasteiger partial charge in [-0.25, -0.2) is 23.8 Å². The summed E-state index contributed by atoms with van der Waals surface area (Å²) in [7, 11) is -3.24. The summed E-state index contributed by atoms with van der Waals surface area (Å²) in [5, 5.41) is 11.8. The van der Waals surface area contributed by atoms with Gasteiger partial charge in [-0.2, -0.15) is 22.1 Å². The third-order valence-corrected chi connectivity index (χ3v) is 11.0. The summed E-state index contributed by atoms with van der Waals surface area (Å²) in [6.07, 6.45) is -2.03. The van der Waals surface area contributed by atoms with Crippen LogP contribution in [-0.2, 0) is 27.3 Å². The molecule has 0 unspecified atom stereocenters. The highest BCUT2D eigenvalue weighted by atomic mass is 32.2. The van der Waals surface area contributed by atoms with Gasteiger partial charge in [-0.1, -0.05) is 11.3 Å². The summed E-state index contributed by atoms with van der Waals surface area (Å²) in [5.41, 5.74) is 0.00844. The summed E-state index contributed by atoms with van der Waals surface area (Å²) in [6.45, 7) is 8.23. The zero-order valence-corrected chi connectivity index (χ0v) is 23.6. The van der Waals surface area contributed by atoms with Gasteiger partial charge in [0.25, 0.3) is 22.3 Å². The van der Waals surface area contributed by atoms with E-state index in [-0.39, 0.29) is 41.8 Å². The molecule has 18 heteroatoms. The van der Waals surface area contributed by atoms with E-state index < -0.39 is 37.3 Å². The zero-order valence-electron chi connectivity index (χ0n) is 21.2. The molecule has 1 saturated heterocycles. The lowest BCUT2D eigenvalue weighted by Crippen LogP contribution is -2.51. The zero-order chi connectivity index (χ0) is 28.3. The van der Waals surface area contributed by atoms with Crippen LogP contribution in [0.2, 0.25) is 0 Å². The van der Waals surface area contributed by atoms with Gasteiger partial charge in [-0.05, 0) is 12.1 Å². The Balaban J connectivity index is 1.62. The van der Waals surface area contributed by atoms with E-state index in [9.17, 15) is 25.6 Å². The van der Waals surface area contributed by atoms with Crippen molar-refractivity contribution < 1.29 is 25.6 Å². The molecule has 39 heavy (non-hydrogen) atoms. The maximum atomic E-state index is 13.4. The molecule has 13 nitrogen and oxygen atoms in total. The minimum Gasteiger partial charge on any atom is -0.367 e. The molecule has 1 aliphatic heterocycles. The van der Waals surface area contributed by atoms with Crippen molar-refractivity contribution in [2.24, 2.45) is 7.05 Å². The number of benzene rings is 1. The molecule has 1 saturated carbocycles. The molecule has 3 aromatic rings. The lowest BCUT2D eigenvalue weighted by molar-refractivity contribution is 0.150. The summed E-state index contributed by atoms with van der Waals surface area (Å²) >= 11 is 0.662. The van der Waals surface area contributed by atoms with Crippen LogP contribution >= 0.6 is 11.3 Å². The molecule has 0 amide bonds. The second-order valence-electron chi connectivity index (χ2n) is 9.48. The molecule has 1 aromatic carbocycles. The Kier molecular flexibility index (Phi) is 6.88. The molecule has 2 aromatic heterocycles. The molecule has 2 aliphatic rings. The second kappa shape index (κ2) is 9.67. The first-order chi connectivity index (χ1) is 18.3. The molecule has 210 valence electrons. The number of aromatic nitrogens is 4. The molecule has 0 radical (unpaired) electrons. The Bertz CT molecular complexity index is 1680. The van der Waals surface area contributed by atoms with Crippen LogP contribution in [-0.4, -0.2) is 91.4 Å². The number of nitrogens with one attached hydrogen (secondary N) is 1. The molecule has 0 bridgehead atoms. The number of piperazine rings is 1. The van der Waals surface area contributed by atoms with Crippen LogP contribution in [0.1, 0.15) is 24.3 Å². The van der Waals surface area contributed by atoms with E-state index in [2.05, 4.69) is 24.9 Å². The minimum atomic E-state index is -4.16. The molecule has 3 heterocycles. The molecule has 1 N–H and O–H groups in total. The fourth-order valence-electron chi connectivity index (χ4n) is 4.40. The highest BCUT2D eigenvalue weighted by molar-refractivity contribution is 7.89. The fourth-order valence-corrected chi connectivity index (χ4v) is 7.59. The lowest BCUT2D eigenvalue weighted by Gasteiger charge is -2.36. The quantitative estimate of drug-likeness (QED) is 0.385. The molecular weight excluding hydrogens is 576 g/mol. The maximum absolute atomic E-state index is 13.4. The van der Waals surface area contributed by atoms with Crippen molar-refractivity contribution >= 4 is 48.2 Å². The van der Waals surface area contributed by atoms with Crippen molar-refractivity contribution in [2.75, 3.05) is 45.2 Å². The number of hydrogen-bond donors (Lipinski definition) is 1. The Labute approximate surface area is 228 Å². The van der Waals surface area contributed by atoms with Crippen LogP contribution in [0.3, 0.4) is 0 Å². The van der Waals surface area contributed by atoms with E-state index in [0.717, 1.165) is 4.31 Å². The van der Waals surface area contributed by atoms with Crippen molar-refractivity contribution in [1.29, 1.82) is 0 Å². The van der Waals surface area contributed by atoms with E-state index in [1.165, 1.54) is 35.2 Å². The van der Waals surface area contributed by atoms with E-state index in [1.807, 2.05) is 4.90 Å². The Morgan fingerprint density at radius 3 is 2.33 bits per heavy atom. The molecule has 0 atom stereocenters. The van der Waals surface area contributed by atoms with E-state index >= 15 is 0 Å². The molecular formula is C21H25F2N9O4S3. The van der Waals surface area contributed by atoms with Crippen LogP contribution < -0.4 is 9.62 Å². The van der Waals surface area contributed by atoms with Gasteiger partial charge in [0.05, 0.1) is 28.9 Å². The second-order valence-corrected chi connectivity index (χ2v) is 14.3. The summed E-state index contributed by atoms with van der Waals surface area (Å²) in [5.74, 6) is 0. The Morgan fingerprint density at radius 1 is 1.13 bits per heavy atom. The van der Waals surface area contributed by atoms with Gasteiger partial charge in [-0.3, -0.25) is 9.53 Å². The van der Waals surface area contributed by atoms with Crippen LogP contribution in [0, 0.1) is 6.57 Å². The first kappa shape index (κ1) is 27.7. The highest BCUT2D eigenvalue weighted by Crippen LogP contribution is 2.41. The average Bonchev–Trinajstić information content (AvgIpc) is 3.31. The number of nitrogens with zero attached hydrogens (tertiary/aromatic N) is 8. The number of halogens is 2. The van der Waals surface area contributed by atoms with Crippen molar-refractivity contribution in [2.45, 2.75) is 29.8 Å². The monoisotopic (exact) mass is 601 g/mol. The summed E-state index contributed by atoms with van der Waals surface area (Å²) < 4.78 is 84.9. The third-order valence-electron chi connectivity index (χ3n) is 6.66. The van der Waals surface area contributed by atoms with Crippen molar-refractivity contribution in [3.8, 4) is 10.7 Å². The molecule has 2 fully saturated rings. The van der Waals surface area contributed by atoms with Gasteiger partial charge in [0.1, 0.15) is 5.69 Å². The van der Waals surface area contributed by atoms with Gasteiger partial charge in [0.2, 0.25) is 10.0 Å². The summed E-state index contributed by atoms with van der Waals surface area (Å²) in [4.78, 5) is 5.16. The number of rotatable bonds is 8. The first-order valence-electron chi connectivity index (χ1n) is 11.8. The molecule has 5 rings (SSSR count). The maximum Gasteiger partial charge on any atom is 0.299 e. The lowest BCUT2D eigenvalue weighted by atomic mass is 10.1. The number of alkyl halides is 2. The molecule has 0 spiro atoms. The normalized spacial score (nSPS) is 18.3. The molecule has 1 aliphatic carbocycles. The van der Waals surface area contributed by atoms with Gasteiger partial charge in [0.15, 0.2) is 10.0 Å². The number of aryl methyl sites for hydroxylation is 1. The van der Waals surface area contributed by atoms with E-state index in [4.69, 9.17) is 6.57 Å². The smallest absolute Gasteiger partial charge is 0.299 e. The van der Waals surface area contributed by atoms with Gasteiger partial charge >= 0.3 is 0 Å². The average molecular weight is 602 g/mol. The Morgan fingerprint density at radius 2 is 1.79 bits per heavy atom. The predicted octanol–water partition coefficient (Wildman–Crippen LogP) is 1.65. The highest BCUT2D eigenvalue weighted by Gasteiger charge is 2.54. The van der Waals surface area contributed by atoms with E-state index in [1.54, 1.807) is 7.05 Å². The van der Waals surface area contributed by atoms with Gasteiger partial charge < -0.3 is 4.90 Å². The third kappa shape index (κ3) is 4.98. The van der Waals surface area contributed by atoms with Crippen LogP contribution in [0.25, 0.3) is 26.4 Å². The van der Waals surface area contributed by atoms with E-state index in [0.29, 0.717) is 40.8 Å². The van der Waals surface area contributed by atoms with Gasteiger partial charge in [0, 0.05) is 52.7 Å². The van der Waals surface area contributed by atoms with Crippen LogP contribution in [0.4, 0.5) is 14.5 Å². The van der Waals surface area contributed by atoms with Gasteiger partial charge in [-0.15, -0.1) is 14.9 Å². The first-order valence-corrected chi connectivity index (χ1v) is 15.5. The largest absolute Gasteiger partial charge is 0.367 e.